The Labute approximate surface area is 136 Å². The number of benzene rings is 2. The minimum Gasteiger partial charge on any atom is -0.375 e. The fourth-order valence-electron chi connectivity index (χ4n) is 2.66. The Kier molecular flexibility index (Phi) is 3.12. The van der Waals surface area contributed by atoms with Gasteiger partial charge in [0.25, 0.3) is 0 Å². The lowest BCUT2D eigenvalue weighted by Gasteiger charge is -2.04. The minimum absolute atomic E-state index is 0.282. The van der Waals surface area contributed by atoms with Gasteiger partial charge in [-0.3, -0.25) is 4.68 Å². The number of aromatic nitrogens is 3. The summed E-state index contributed by atoms with van der Waals surface area (Å²) in [7, 11) is 1.83. The van der Waals surface area contributed by atoms with Crippen molar-refractivity contribution in [2.75, 3.05) is 5.73 Å². The lowest BCUT2D eigenvalue weighted by atomic mass is 10.0. The fraction of sp³-hybridized carbons (Fsp3) is 0.0588. The first kappa shape index (κ1) is 13.9. The van der Waals surface area contributed by atoms with Crippen LogP contribution in [-0.4, -0.2) is 14.8 Å². The third kappa shape index (κ3) is 2.37. The summed E-state index contributed by atoms with van der Waals surface area (Å²) in [6.07, 6.45) is 1.90. The van der Waals surface area contributed by atoms with Gasteiger partial charge in [-0.2, -0.15) is 5.10 Å². The quantitative estimate of drug-likeness (QED) is 0.604. The van der Waals surface area contributed by atoms with Crippen molar-refractivity contribution in [1.29, 1.82) is 0 Å². The van der Waals surface area contributed by atoms with Crippen LogP contribution in [0, 0.1) is 5.82 Å². The highest BCUT2D eigenvalue weighted by atomic mass is 32.1. The smallest absolute Gasteiger partial charge is 0.181 e. The van der Waals surface area contributed by atoms with Crippen LogP contribution in [0.1, 0.15) is 0 Å². The van der Waals surface area contributed by atoms with Crippen molar-refractivity contribution in [2.45, 2.75) is 0 Å². The molecule has 0 amide bonds. The molecule has 0 fully saturated rings. The summed E-state index contributed by atoms with van der Waals surface area (Å²) in [5.41, 5.74) is 9.60. The Morgan fingerprint density at radius 3 is 2.78 bits per heavy atom. The molecule has 0 radical (unpaired) electrons. The van der Waals surface area contributed by atoms with Crippen LogP contribution in [0.4, 0.5) is 9.52 Å². The van der Waals surface area contributed by atoms with Gasteiger partial charge in [-0.05, 0) is 29.8 Å². The van der Waals surface area contributed by atoms with Crippen molar-refractivity contribution in [1.82, 2.24) is 14.8 Å². The van der Waals surface area contributed by atoms with Crippen LogP contribution in [0.25, 0.3) is 32.6 Å². The van der Waals surface area contributed by atoms with Gasteiger partial charge >= 0.3 is 0 Å². The standard InChI is InChI=1S/C17H13FN4S/c1-22-9-12(16(21-22)11-4-2-3-5-13(11)18)10-6-7-14-15(8-10)23-17(19)20-14/h2-9H,1H3,(H2,19,20). The van der Waals surface area contributed by atoms with Gasteiger partial charge in [0.2, 0.25) is 0 Å². The van der Waals surface area contributed by atoms with Crippen LogP contribution >= 0.6 is 11.3 Å². The Hall–Kier alpha value is -2.73. The van der Waals surface area contributed by atoms with Crippen LogP contribution in [0.3, 0.4) is 0 Å². The number of thiazole rings is 1. The van der Waals surface area contributed by atoms with E-state index in [-0.39, 0.29) is 5.82 Å². The number of halogens is 1. The maximum Gasteiger partial charge on any atom is 0.181 e. The van der Waals surface area contributed by atoms with E-state index in [0.717, 1.165) is 21.3 Å². The second-order valence-electron chi connectivity index (χ2n) is 5.28. The molecule has 4 aromatic rings. The molecule has 0 saturated carbocycles. The van der Waals surface area contributed by atoms with E-state index < -0.39 is 0 Å². The van der Waals surface area contributed by atoms with Crippen molar-refractivity contribution in [2.24, 2.45) is 7.05 Å². The molecule has 4 rings (SSSR count). The molecule has 0 unspecified atom stereocenters. The van der Waals surface area contributed by atoms with Crippen molar-refractivity contribution < 1.29 is 4.39 Å². The van der Waals surface area contributed by atoms with Gasteiger partial charge in [0.1, 0.15) is 11.5 Å². The van der Waals surface area contributed by atoms with Crippen molar-refractivity contribution in [3.8, 4) is 22.4 Å². The summed E-state index contributed by atoms with van der Waals surface area (Å²) < 4.78 is 16.9. The number of aryl methyl sites for hydroxylation is 1. The molecule has 0 aliphatic rings. The summed E-state index contributed by atoms with van der Waals surface area (Å²) in [6.45, 7) is 0. The SMILES string of the molecule is Cn1cc(-c2ccc3nc(N)sc3c2)c(-c2ccccc2F)n1. The number of nitrogens with zero attached hydrogens (tertiary/aromatic N) is 3. The zero-order chi connectivity index (χ0) is 16.0. The molecule has 0 atom stereocenters. The average molecular weight is 324 g/mol. The molecule has 0 aliphatic heterocycles. The number of nitrogens with two attached hydrogens (primary N) is 1. The highest BCUT2D eigenvalue weighted by molar-refractivity contribution is 7.22. The Bertz CT molecular complexity index is 1020. The third-order valence-electron chi connectivity index (χ3n) is 3.67. The predicted octanol–water partition coefficient (Wildman–Crippen LogP) is 4.09. The van der Waals surface area contributed by atoms with Crippen LogP contribution < -0.4 is 5.73 Å². The largest absolute Gasteiger partial charge is 0.375 e. The van der Waals surface area contributed by atoms with E-state index in [1.807, 2.05) is 37.5 Å². The zero-order valence-corrected chi connectivity index (χ0v) is 13.1. The summed E-state index contributed by atoms with van der Waals surface area (Å²) in [6, 6.07) is 12.6. The van der Waals surface area contributed by atoms with Crippen molar-refractivity contribution >= 4 is 26.7 Å². The van der Waals surface area contributed by atoms with Gasteiger partial charge in [-0.25, -0.2) is 9.37 Å². The molecule has 2 aromatic heterocycles. The van der Waals surface area contributed by atoms with Crippen molar-refractivity contribution in [3.05, 3.63) is 54.5 Å². The molecule has 0 aliphatic carbocycles. The number of hydrogen-bond acceptors (Lipinski definition) is 4. The topological polar surface area (TPSA) is 56.7 Å². The van der Waals surface area contributed by atoms with Gasteiger partial charge in [0, 0.05) is 24.4 Å². The molecule has 2 N–H and O–H groups in total. The van der Waals surface area contributed by atoms with Gasteiger partial charge in [0.15, 0.2) is 5.13 Å². The highest BCUT2D eigenvalue weighted by Gasteiger charge is 2.16. The Morgan fingerprint density at radius 1 is 1.13 bits per heavy atom. The van der Waals surface area contributed by atoms with Gasteiger partial charge < -0.3 is 5.73 Å². The molecule has 0 spiro atoms. The van der Waals surface area contributed by atoms with E-state index in [1.54, 1.807) is 16.8 Å². The van der Waals surface area contributed by atoms with Crippen molar-refractivity contribution in [3.63, 3.8) is 0 Å². The van der Waals surface area contributed by atoms with Crippen LogP contribution in [0.5, 0.6) is 0 Å². The van der Waals surface area contributed by atoms with E-state index in [0.29, 0.717) is 16.4 Å². The van der Waals surface area contributed by atoms with Gasteiger partial charge in [-0.15, -0.1) is 0 Å². The first-order valence-electron chi connectivity index (χ1n) is 7.07. The first-order chi connectivity index (χ1) is 11.1. The summed E-state index contributed by atoms with van der Waals surface area (Å²) in [5.74, 6) is -0.282. The number of hydrogen-bond donors (Lipinski definition) is 1. The minimum atomic E-state index is -0.282. The zero-order valence-electron chi connectivity index (χ0n) is 12.3. The fourth-order valence-corrected chi connectivity index (χ4v) is 3.44. The molecular weight excluding hydrogens is 311 g/mol. The molecule has 0 saturated heterocycles. The average Bonchev–Trinajstić information content (AvgIpc) is 3.08. The molecule has 2 aromatic carbocycles. The molecule has 114 valence electrons. The predicted molar refractivity (Wildman–Crippen MR) is 91.6 cm³/mol. The summed E-state index contributed by atoms with van der Waals surface area (Å²) in [4.78, 5) is 4.26. The maximum atomic E-state index is 14.2. The lowest BCUT2D eigenvalue weighted by molar-refractivity contribution is 0.630. The molecule has 23 heavy (non-hydrogen) atoms. The second kappa shape index (κ2) is 5.17. The van der Waals surface area contributed by atoms with Crippen LogP contribution in [0.2, 0.25) is 0 Å². The summed E-state index contributed by atoms with van der Waals surface area (Å²) >= 11 is 1.44. The van der Waals surface area contributed by atoms with Gasteiger partial charge in [0.05, 0.1) is 10.2 Å². The second-order valence-corrected chi connectivity index (χ2v) is 6.34. The lowest BCUT2D eigenvalue weighted by Crippen LogP contribution is -1.90. The maximum absolute atomic E-state index is 14.2. The van der Waals surface area contributed by atoms with Gasteiger partial charge in [-0.1, -0.05) is 29.5 Å². The van der Waals surface area contributed by atoms with E-state index in [9.17, 15) is 4.39 Å². The molecule has 6 heteroatoms. The Balaban J connectivity index is 1.93. The molecule has 4 nitrogen and oxygen atoms in total. The van der Waals surface area contributed by atoms with E-state index in [2.05, 4.69) is 10.1 Å². The number of fused-ring (bicyclic) bond motifs is 1. The molecular formula is C17H13FN4S. The number of nitrogen functional groups attached to an aromatic ring is 1. The Morgan fingerprint density at radius 2 is 1.96 bits per heavy atom. The molecule has 2 heterocycles. The normalized spacial score (nSPS) is 11.2. The monoisotopic (exact) mass is 324 g/mol. The van der Waals surface area contributed by atoms with Crippen LogP contribution in [0.15, 0.2) is 48.7 Å². The van der Waals surface area contributed by atoms with E-state index >= 15 is 0 Å². The third-order valence-corrected chi connectivity index (χ3v) is 4.52. The van der Waals surface area contributed by atoms with Crippen LogP contribution in [-0.2, 0) is 7.05 Å². The number of anilines is 1. The highest BCUT2D eigenvalue weighted by Crippen LogP contribution is 2.35. The van der Waals surface area contributed by atoms with E-state index in [1.165, 1.54) is 17.4 Å². The first-order valence-corrected chi connectivity index (χ1v) is 7.88. The van der Waals surface area contributed by atoms with E-state index in [4.69, 9.17) is 5.73 Å². The summed E-state index contributed by atoms with van der Waals surface area (Å²) in [5, 5.41) is 4.98. The molecule has 0 bridgehead atoms. The number of rotatable bonds is 2.